The van der Waals surface area contributed by atoms with Gasteiger partial charge in [0.25, 0.3) is 0 Å². The summed E-state index contributed by atoms with van der Waals surface area (Å²) in [6.07, 6.45) is 0. The Hall–Kier alpha value is -1.71. The molecule has 0 unspecified atom stereocenters. The van der Waals surface area contributed by atoms with Crippen molar-refractivity contribution in [1.82, 2.24) is 15.2 Å². The minimum atomic E-state index is 0.306. The van der Waals surface area contributed by atoms with Gasteiger partial charge in [0, 0.05) is 0 Å². The highest BCUT2D eigenvalue weighted by Crippen LogP contribution is 2.15. The Labute approximate surface area is 77.2 Å². The van der Waals surface area contributed by atoms with E-state index in [1.807, 2.05) is 6.92 Å². The SMILES string of the molecule is [3H]c1c(C)c(N)nc2cc(C)nnc12. The number of pyridine rings is 1. The summed E-state index contributed by atoms with van der Waals surface area (Å²) in [5.41, 5.74) is 8.21. The number of aryl methyl sites for hydroxylation is 1. The van der Waals surface area contributed by atoms with Crippen molar-refractivity contribution in [2.45, 2.75) is 13.8 Å². The van der Waals surface area contributed by atoms with Gasteiger partial charge in [-0.15, -0.1) is 5.10 Å². The summed E-state index contributed by atoms with van der Waals surface area (Å²) in [4.78, 5) is 4.15. The van der Waals surface area contributed by atoms with E-state index in [1.54, 1.807) is 13.0 Å². The van der Waals surface area contributed by atoms with Crippen LogP contribution in [0.4, 0.5) is 5.82 Å². The van der Waals surface area contributed by atoms with E-state index >= 15 is 0 Å². The fraction of sp³-hybridized carbons (Fsp3) is 0.222. The molecule has 0 aromatic carbocycles. The third-order valence-corrected chi connectivity index (χ3v) is 1.83. The Morgan fingerprint density at radius 3 is 2.85 bits per heavy atom. The lowest BCUT2D eigenvalue weighted by Crippen LogP contribution is -1.97. The molecule has 2 heterocycles. The van der Waals surface area contributed by atoms with Crippen LogP contribution in [0.2, 0.25) is 0 Å². The maximum atomic E-state index is 7.78. The fourth-order valence-corrected chi connectivity index (χ4v) is 1.10. The highest BCUT2D eigenvalue weighted by Gasteiger charge is 2.01. The Morgan fingerprint density at radius 1 is 1.31 bits per heavy atom. The summed E-state index contributed by atoms with van der Waals surface area (Å²) >= 11 is 0. The average molecular weight is 176 g/mol. The molecule has 2 N–H and O–H groups in total. The van der Waals surface area contributed by atoms with Gasteiger partial charge < -0.3 is 5.73 Å². The van der Waals surface area contributed by atoms with Crippen molar-refractivity contribution in [1.29, 1.82) is 0 Å². The number of nitrogens with two attached hydrogens (primary N) is 1. The van der Waals surface area contributed by atoms with Crippen LogP contribution < -0.4 is 5.73 Å². The summed E-state index contributed by atoms with van der Waals surface area (Å²) in [5, 5.41) is 7.81. The van der Waals surface area contributed by atoms with Gasteiger partial charge in [0.2, 0.25) is 0 Å². The first kappa shape index (κ1) is 6.77. The molecular formula is C9H10N4. The number of hydrogen-bond acceptors (Lipinski definition) is 4. The molecule has 2 rings (SSSR count). The second kappa shape index (κ2) is 2.65. The van der Waals surface area contributed by atoms with Crippen molar-refractivity contribution in [2.75, 3.05) is 5.73 Å². The first-order chi connectivity index (χ1) is 6.59. The molecule has 0 fully saturated rings. The van der Waals surface area contributed by atoms with Gasteiger partial charge in [-0.05, 0) is 31.5 Å². The summed E-state index contributed by atoms with van der Waals surface area (Å²) in [7, 11) is 0. The Kier molecular flexibility index (Phi) is 1.38. The molecule has 4 heteroatoms. The quantitative estimate of drug-likeness (QED) is 0.655. The molecule has 2 aromatic heterocycles. The van der Waals surface area contributed by atoms with Gasteiger partial charge in [-0.3, -0.25) is 0 Å². The minimum absolute atomic E-state index is 0.306. The zero-order chi connectivity index (χ0) is 10.3. The predicted molar refractivity (Wildman–Crippen MR) is 51.2 cm³/mol. The third-order valence-electron chi connectivity index (χ3n) is 1.83. The number of fused-ring (bicyclic) bond motifs is 1. The van der Waals surface area contributed by atoms with E-state index in [-0.39, 0.29) is 0 Å². The van der Waals surface area contributed by atoms with Crippen molar-refractivity contribution in [3.05, 3.63) is 23.4 Å². The first-order valence-electron chi connectivity index (χ1n) is 4.46. The molecule has 0 aliphatic rings. The van der Waals surface area contributed by atoms with Gasteiger partial charge in [-0.1, -0.05) is 0 Å². The van der Waals surface area contributed by atoms with Crippen LogP contribution in [-0.4, -0.2) is 15.2 Å². The molecular weight excluding hydrogens is 164 g/mol. The standard InChI is InChI=1S/C9H10N4/c1-5-3-8-7(11-9(5)10)4-6(2)12-13-8/h3-4H,1-2H3,(H2,10,11)/i3T. The number of hydrogen-bond donors (Lipinski definition) is 1. The van der Waals surface area contributed by atoms with E-state index in [0.29, 0.717) is 28.5 Å². The number of nitrogen functional groups attached to an aromatic ring is 1. The Bertz CT molecular complexity index is 510. The molecule has 0 bridgehead atoms. The van der Waals surface area contributed by atoms with Crippen LogP contribution in [0.5, 0.6) is 0 Å². The predicted octanol–water partition coefficient (Wildman–Crippen LogP) is 1.22. The molecule has 2 aromatic rings. The molecule has 0 atom stereocenters. The van der Waals surface area contributed by atoms with Crippen molar-refractivity contribution in [3.8, 4) is 0 Å². The van der Waals surface area contributed by atoms with Crippen LogP contribution >= 0.6 is 0 Å². The van der Waals surface area contributed by atoms with E-state index in [0.717, 1.165) is 5.69 Å². The molecule has 0 saturated carbocycles. The minimum Gasteiger partial charge on any atom is -0.383 e. The van der Waals surface area contributed by atoms with Gasteiger partial charge in [0.1, 0.15) is 11.3 Å². The van der Waals surface area contributed by atoms with E-state index < -0.39 is 0 Å². The number of rotatable bonds is 0. The van der Waals surface area contributed by atoms with Crippen LogP contribution in [0.3, 0.4) is 0 Å². The zero-order valence-corrected chi connectivity index (χ0v) is 7.50. The van der Waals surface area contributed by atoms with Crippen LogP contribution in [0.1, 0.15) is 12.6 Å². The molecule has 4 nitrogen and oxygen atoms in total. The fourth-order valence-electron chi connectivity index (χ4n) is 1.10. The third kappa shape index (κ3) is 1.30. The zero-order valence-electron chi connectivity index (χ0n) is 8.50. The van der Waals surface area contributed by atoms with Crippen LogP contribution in [0.15, 0.2) is 12.1 Å². The van der Waals surface area contributed by atoms with Gasteiger partial charge in [0.15, 0.2) is 0 Å². The smallest absolute Gasteiger partial charge is 0.127 e. The number of nitrogens with zero attached hydrogens (tertiary/aromatic N) is 3. The first-order valence-corrected chi connectivity index (χ1v) is 3.96. The Balaban J connectivity index is 2.91. The van der Waals surface area contributed by atoms with Gasteiger partial charge >= 0.3 is 0 Å². The highest BCUT2D eigenvalue weighted by molar-refractivity contribution is 5.76. The molecule has 66 valence electrons. The lowest BCUT2D eigenvalue weighted by atomic mass is 10.2. The lowest BCUT2D eigenvalue weighted by Gasteiger charge is -2.01. The largest absolute Gasteiger partial charge is 0.383 e. The van der Waals surface area contributed by atoms with Crippen molar-refractivity contribution in [2.24, 2.45) is 0 Å². The molecule has 0 radical (unpaired) electrons. The topological polar surface area (TPSA) is 64.7 Å². The number of aromatic nitrogens is 3. The summed E-state index contributed by atoms with van der Waals surface area (Å²) in [6, 6.07) is 2.08. The maximum Gasteiger partial charge on any atom is 0.127 e. The number of anilines is 1. The van der Waals surface area contributed by atoms with Crippen molar-refractivity contribution < 1.29 is 1.37 Å². The van der Waals surface area contributed by atoms with Crippen LogP contribution in [0, 0.1) is 13.8 Å². The van der Waals surface area contributed by atoms with Gasteiger partial charge in [-0.2, -0.15) is 5.10 Å². The van der Waals surface area contributed by atoms with E-state index in [4.69, 9.17) is 7.10 Å². The van der Waals surface area contributed by atoms with E-state index in [9.17, 15) is 0 Å². The van der Waals surface area contributed by atoms with Gasteiger partial charge in [0.05, 0.1) is 12.6 Å². The van der Waals surface area contributed by atoms with Crippen LogP contribution in [-0.2, 0) is 0 Å². The molecule has 13 heavy (non-hydrogen) atoms. The van der Waals surface area contributed by atoms with Crippen molar-refractivity contribution >= 4 is 16.9 Å². The average Bonchev–Trinajstić information content (AvgIpc) is 2.14. The maximum absolute atomic E-state index is 7.78. The molecule has 0 aliphatic heterocycles. The van der Waals surface area contributed by atoms with E-state index in [2.05, 4.69) is 15.2 Å². The Morgan fingerprint density at radius 2 is 2.08 bits per heavy atom. The molecule has 0 aliphatic carbocycles. The molecule has 0 saturated heterocycles. The van der Waals surface area contributed by atoms with E-state index in [1.165, 1.54) is 0 Å². The summed E-state index contributed by atoms with van der Waals surface area (Å²) in [6.45, 7) is 3.58. The second-order valence-electron chi connectivity index (χ2n) is 2.97. The van der Waals surface area contributed by atoms with Gasteiger partial charge in [-0.25, -0.2) is 4.98 Å². The monoisotopic (exact) mass is 176 g/mol. The summed E-state index contributed by atoms with van der Waals surface area (Å²) < 4.78 is 7.78. The molecule has 0 spiro atoms. The van der Waals surface area contributed by atoms with Crippen molar-refractivity contribution in [3.63, 3.8) is 0 Å². The lowest BCUT2D eigenvalue weighted by molar-refractivity contribution is 1.01. The molecule has 0 amide bonds. The highest BCUT2D eigenvalue weighted by atomic mass is 15.1. The summed E-state index contributed by atoms with van der Waals surface area (Å²) in [5.74, 6) is 0.384. The second-order valence-corrected chi connectivity index (χ2v) is 2.97. The normalized spacial score (nSPS) is 11.7. The van der Waals surface area contributed by atoms with Crippen LogP contribution in [0.25, 0.3) is 11.0 Å².